The number of anilines is 1. The zero-order chi connectivity index (χ0) is 21.0. The average molecular weight is 401 g/mol. The van der Waals surface area contributed by atoms with Crippen LogP contribution in [0.1, 0.15) is 27.6 Å². The van der Waals surface area contributed by atoms with Gasteiger partial charge >= 0.3 is 5.97 Å². The maximum Gasteiger partial charge on any atom is 0.343 e. The van der Waals surface area contributed by atoms with Crippen molar-refractivity contribution in [1.29, 1.82) is 0 Å². The van der Waals surface area contributed by atoms with E-state index in [0.717, 1.165) is 0 Å². The lowest BCUT2D eigenvalue weighted by Gasteiger charge is -2.17. The van der Waals surface area contributed by atoms with E-state index in [-0.39, 0.29) is 29.4 Å². The molecule has 0 radical (unpaired) electrons. The van der Waals surface area contributed by atoms with Crippen molar-refractivity contribution in [2.24, 2.45) is 0 Å². The van der Waals surface area contributed by atoms with E-state index in [2.05, 4.69) is 5.32 Å². The molecule has 0 fully saturated rings. The van der Waals surface area contributed by atoms with Gasteiger partial charge in [-0.15, -0.1) is 0 Å². The summed E-state index contributed by atoms with van der Waals surface area (Å²) in [6, 6.07) is 7.80. The van der Waals surface area contributed by atoms with Crippen LogP contribution in [0.15, 0.2) is 30.3 Å². The Morgan fingerprint density at radius 1 is 1.10 bits per heavy atom. The van der Waals surface area contributed by atoms with E-state index in [1.165, 1.54) is 33.3 Å². The molecule has 1 heterocycles. The molecule has 1 N–H and O–H groups in total. The molecule has 0 saturated heterocycles. The van der Waals surface area contributed by atoms with Crippen molar-refractivity contribution in [1.82, 2.24) is 0 Å². The molecule has 1 amide bonds. The summed E-state index contributed by atoms with van der Waals surface area (Å²) in [6.07, 6.45) is -0.654. The van der Waals surface area contributed by atoms with Crippen molar-refractivity contribution in [2.75, 3.05) is 26.3 Å². The van der Waals surface area contributed by atoms with Gasteiger partial charge in [0.2, 0.25) is 6.79 Å². The van der Waals surface area contributed by atoms with Crippen LogP contribution in [0.3, 0.4) is 0 Å². The van der Waals surface area contributed by atoms with Crippen LogP contribution < -0.4 is 24.3 Å². The lowest BCUT2D eigenvalue weighted by atomic mass is 10.1. The number of fused-ring (bicyclic) bond motifs is 1. The number of esters is 1. The molecule has 0 spiro atoms. The second-order valence-electron chi connectivity index (χ2n) is 5.99. The van der Waals surface area contributed by atoms with Crippen LogP contribution in [-0.4, -0.2) is 45.3 Å². The van der Waals surface area contributed by atoms with E-state index < -0.39 is 18.0 Å². The van der Waals surface area contributed by atoms with Gasteiger partial charge in [0.1, 0.15) is 5.56 Å². The molecule has 1 aliphatic heterocycles. The Hall–Kier alpha value is -3.75. The molecule has 2 aromatic carbocycles. The molecule has 9 nitrogen and oxygen atoms in total. The maximum atomic E-state index is 12.7. The molecule has 0 unspecified atom stereocenters. The molecule has 0 aromatic heterocycles. The predicted octanol–water partition coefficient (Wildman–Crippen LogP) is 2.43. The Balaban J connectivity index is 1.75. The summed E-state index contributed by atoms with van der Waals surface area (Å²) >= 11 is 0. The van der Waals surface area contributed by atoms with E-state index in [4.69, 9.17) is 23.7 Å². The number of benzene rings is 2. The highest BCUT2D eigenvalue weighted by atomic mass is 16.7. The SMILES string of the molecule is COc1ccc(C=O)c(C(=O)O[C@@H](C)C(=O)Nc2ccc3c(c2)OCO3)c1OC. The standard InChI is InChI=1S/C20H19NO8/c1-11(19(23)21-13-5-7-14-16(8-13)28-10-27-14)29-20(24)17-12(9-22)4-6-15(25-2)18(17)26-3/h4-9,11H,10H2,1-3H3,(H,21,23)/t11-/m0/s1. The Kier molecular flexibility index (Phi) is 5.87. The van der Waals surface area contributed by atoms with Gasteiger partial charge in [-0.2, -0.15) is 0 Å². The molecule has 0 bridgehead atoms. The number of hydrogen-bond donors (Lipinski definition) is 1. The van der Waals surface area contributed by atoms with Crippen LogP contribution in [0.4, 0.5) is 5.69 Å². The highest BCUT2D eigenvalue weighted by Crippen LogP contribution is 2.35. The van der Waals surface area contributed by atoms with Crippen molar-refractivity contribution in [3.63, 3.8) is 0 Å². The second kappa shape index (κ2) is 8.51. The second-order valence-corrected chi connectivity index (χ2v) is 5.99. The van der Waals surface area contributed by atoms with E-state index in [0.29, 0.717) is 23.5 Å². The van der Waals surface area contributed by atoms with Gasteiger partial charge in [-0.1, -0.05) is 0 Å². The Labute approximate surface area is 166 Å². The topological polar surface area (TPSA) is 109 Å². The third-order valence-electron chi connectivity index (χ3n) is 4.20. The largest absolute Gasteiger partial charge is 0.493 e. The van der Waals surface area contributed by atoms with Crippen LogP contribution >= 0.6 is 0 Å². The summed E-state index contributed by atoms with van der Waals surface area (Å²) in [5.74, 6) is -0.0749. The number of ether oxygens (including phenoxy) is 5. The van der Waals surface area contributed by atoms with Gasteiger partial charge in [-0.3, -0.25) is 9.59 Å². The van der Waals surface area contributed by atoms with Crippen molar-refractivity contribution < 1.29 is 38.1 Å². The van der Waals surface area contributed by atoms with Crippen LogP contribution in [0.2, 0.25) is 0 Å². The van der Waals surface area contributed by atoms with E-state index in [9.17, 15) is 14.4 Å². The van der Waals surface area contributed by atoms with Gasteiger partial charge in [0.15, 0.2) is 35.4 Å². The summed E-state index contributed by atoms with van der Waals surface area (Å²) in [5.41, 5.74) is 0.385. The molecule has 2 aromatic rings. The van der Waals surface area contributed by atoms with Gasteiger partial charge in [-0.25, -0.2) is 4.79 Å². The average Bonchev–Trinajstić information content (AvgIpc) is 3.20. The lowest BCUT2D eigenvalue weighted by Crippen LogP contribution is -2.30. The maximum absolute atomic E-state index is 12.7. The monoisotopic (exact) mass is 401 g/mol. The number of hydrogen-bond acceptors (Lipinski definition) is 8. The molecule has 1 aliphatic rings. The first kappa shape index (κ1) is 20.0. The smallest absolute Gasteiger partial charge is 0.343 e. The molecule has 0 saturated carbocycles. The first-order valence-electron chi connectivity index (χ1n) is 8.60. The van der Waals surface area contributed by atoms with Crippen LogP contribution in [0.25, 0.3) is 0 Å². The number of carbonyl (C=O) groups is 3. The lowest BCUT2D eigenvalue weighted by molar-refractivity contribution is -0.123. The van der Waals surface area contributed by atoms with E-state index in [1.807, 2.05) is 0 Å². The van der Waals surface area contributed by atoms with Gasteiger partial charge in [0.25, 0.3) is 5.91 Å². The molecular formula is C20H19NO8. The van der Waals surface area contributed by atoms with E-state index >= 15 is 0 Å². The molecule has 0 aliphatic carbocycles. The zero-order valence-corrected chi connectivity index (χ0v) is 16.0. The fourth-order valence-electron chi connectivity index (χ4n) is 2.74. The summed E-state index contributed by atoms with van der Waals surface area (Å²) in [6.45, 7) is 1.52. The Morgan fingerprint density at radius 2 is 1.86 bits per heavy atom. The van der Waals surface area contributed by atoms with Crippen LogP contribution in [-0.2, 0) is 9.53 Å². The summed E-state index contributed by atoms with van der Waals surface area (Å²) in [7, 11) is 2.73. The molecule has 3 rings (SSSR count). The number of amides is 1. The van der Waals surface area contributed by atoms with Gasteiger partial charge in [-0.05, 0) is 31.2 Å². The summed E-state index contributed by atoms with van der Waals surface area (Å²) < 4.78 is 26.1. The predicted molar refractivity (Wildman–Crippen MR) is 101 cm³/mol. The molecule has 29 heavy (non-hydrogen) atoms. The van der Waals surface area contributed by atoms with Crippen molar-refractivity contribution in [2.45, 2.75) is 13.0 Å². The summed E-state index contributed by atoms with van der Waals surface area (Å²) in [4.78, 5) is 36.4. The molecule has 9 heteroatoms. The molecule has 152 valence electrons. The first-order chi connectivity index (χ1) is 14.0. The molecule has 1 atom stereocenters. The quantitative estimate of drug-likeness (QED) is 0.557. The Morgan fingerprint density at radius 3 is 2.55 bits per heavy atom. The highest BCUT2D eigenvalue weighted by molar-refractivity contribution is 6.03. The number of nitrogens with one attached hydrogen (secondary N) is 1. The van der Waals surface area contributed by atoms with Crippen molar-refractivity contribution in [3.8, 4) is 23.0 Å². The summed E-state index contributed by atoms with van der Waals surface area (Å²) in [5, 5.41) is 2.63. The third kappa shape index (κ3) is 4.08. The fraction of sp³-hybridized carbons (Fsp3) is 0.250. The van der Waals surface area contributed by atoms with Crippen LogP contribution in [0, 0.1) is 0 Å². The van der Waals surface area contributed by atoms with Gasteiger partial charge < -0.3 is 29.0 Å². The highest BCUT2D eigenvalue weighted by Gasteiger charge is 2.26. The normalized spacial score (nSPS) is 12.7. The van der Waals surface area contributed by atoms with Crippen LogP contribution in [0.5, 0.6) is 23.0 Å². The van der Waals surface area contributed by atoms with Crippen molar-refractivity contribution >= 4 is 23.9 Å². The minimum Gasteiger partial charge on any atom is -0.493 e. The fourth-order valence-corrected chi connectivity index (χ4v) is 2.74. The van der Waals surface area contributed by atoms with E-state index in [1.54, 1.807) is 18.2 Å². The van der Waals surface area contributed by atoms with Gasteiger partial charge in [0, 0.05) is 17.3 Å². The third-order valence-corrected chi connectivity index (χ3v) is 4.20. The minimum absolute atomic E-state index is 0.0467. The first-order valence-corrected chi connectivity index (χ1v) is 8.60. The number of aldehydes is 1. The van der Waals surface area contributed by atoms with Gasteiger partial charge in [0.05, 0.1) is 14.2 Å². The number of carbonyl (C=O) groups excluding carboxylic acids is 3. The molecular weight excluding hydrogens is 382 g/mol. The Bertz CT molecular complexity index is 956. The van der Waals surface area contributed by atoms with Crippen molar-refractivity contribution in [3.05, 3.63) is 41.5 Å². The minimum atomic E-state index is -1.15. The number of rotatable bonds is 7. The number of methoxy groups -OCH3 is 2. The zero-order valence-electron chi connectivity index (χ0n) is 16.0.